The quantitative estimate of drug-likeness (QED) is 0.851. The average Bonchev–Trinajstić information content (AvgIpc) is 2.39. The lowest BCUT2D eigenvalue weighted by atomic mass is 10.1. The Bertz CT molecular complexity index is 701. The van der Waals surface area contributed by atoms with Gasteiger partial charge in [-0.25, -0.2) is 0 Å². The number of aromatic nitrogens is 1. The van der Waals surface area contributed by atoms with Gasteiger partial charge in [-0.05, 0) is 44.0 Å². The molecule has 0 aliphatic carbocycles. The van der Waals surface area contributed by atoms with E-state index in [4.69, 9.17) is 34.3 Å². The molecule has 5 heteroatoms. The summed E-state index contributed by atoms with van der Waals surface area (Å²) in [6.45, 7) is 5.82. The number of hydrogen-bond acceptors (Lipinski definition) is 3. The number of benzene rings is 1. The summed E-state index contributed by atoms with van der Waals surface area (Å²) in [6, 6.07) is 7.42. The number of thiocarbonyl (C=S) groups is 1. The standard InChI is InChI=1S/C16H17ClN2OS/c1-4-11-8-12(5-6-13(11)17)20-14-7-9(2)19-10(3)15(14)16(18)21/h5-8H,4H2,1-3H3,(H2,18,21). The molecule has 0 aliphatic rings. The summed E-state index contributed by atoms with van der Waals surface area (Å²) in [4.78, 5) is 4.65. The number of nitrogens with zero attached hydrogens (tertiary/aromatic N) is 1. The number of aryl methyl sites for hydroxylation is 3. The first-order chi connectivity index (χ1) is 9.92. The van der Waals surface area contributed by atoms with E-state index in [0.717, 1.165) is 28.4 Å². The normalized spacial score (nSPS) is 10.5. The average molecular weight is 321 g/mol. The number of ether oxygens (including phenoxy) is 1. The Morgan fingerprint density at radius 2 is 2.05 bits per heavy atom. The molecule has 0 atom stereocenters. The monoisotopic (exact) mass is 320 g/mol. The number of nitrogens with two attached hydrogens (primary N) is 1. The molecule has 0 radical (unpaired) electrons. The molecule has 1 heterocycles. The minimum Gasteiger partial charge on any atom is -0.456 e. The highest BCUT2D eigenvalue weighted by Crippen LogP contribution is 2.30. The fourth-order valence-corrected chi connectivity index (χ4v) is 2.69. The van der Waals surface area contributed by atoms with Crippen LogP contribution in [0.3, 0.4) is 0 Å². The number of pyridine rings is 1. The Balaban J connectivity index is 2.46. The van der Waals surface area contributed by atoms with Crippen LogP contribution in [-0.4, -0.2) is 9.97 Å². The lowest BCUT2D eigenvalue weighted by molar-refractivity contribution is 0.479. The molecule has 3 nitrogen and oxygen atoms in total. The van der Waals surface area contributed by atoms with E-state index in [-0.39, 0.29) is 4.99 Å². The van der Waals surface area contributed by atoms with Gasteiger partial charge in [-0.3, -0.25) is 4.98 Å². The Kier molecular flexibility index (Phi) is 4.80. The van der Waals surface area contributed by atoms with Crippen molar-refractivity contribution in [2.75, 3.05) is 0 Å². The zero-order valence-corrected chi connectivity index (χ0v) is 13.8. The van der Waals surface area contributed by atoms with E-state index in [2.05, 4.69) is 4.98 Å². The Labute approximate surface area is 135 Å². The lowest BCUT2D eigenvalue weighted by Gasteiger charge is -2.14. The van der Waals surface area contributed by atoms with Crippen molar-refractivity contribution < 1.29 is 4.74 Å². The predicted octanol–water partition coefficient (Wildman–Crippen LogP) is 4.34. The minimum atomic E-state index is 0.277. The fourth-order valence-electron chi connectivity index (χ4n) is 2.19. The maximum absolute atomic E-state index is 6.13. The van der Waals surface area contributed by atoms with Crippen molar-refractivity contribution in [3.05, 3.63) is 51.8 Å². The number of halogens is 1. The topological polar surface area (TPSA) is 48.1 Å². The summed E-state index contributed by atoms with van der Waals surface area (Å²) < 4.78 is 5.96. The summed E-state index contributed by atoms with van der Waals surface area (Å²) in [5.41, 5.74) is 9.12. The molecular weight excluding hydrogens is 304 g/mol. The maximum Gasteiger partial charge on any atom is 0.141 e. The van der Waals surface area contributed by atoms with Crippen molar-refractivity contribution in [1.29, 1.82) is 0 Å². The van der Waals surface area contributed by atoms with Gasteiger partial charge in [0, 0.05) is 16.8 Å². The molecule has 110 valence electrons. The van der Waals surface area contributed by atoms with E-state index in [1.165, 1.54) is 0 Å². The molecule has 0 aliphatic heterocycles. The van der Waals surface area contributed by atoms with Crippen molar-refractivity contribution in [1.82, 2.24) is 4.98 Å². The first kappa shape index (κ1) is 15.7. The van der Waals surface area contributed by atoms with Gasteiger partial charge in [0.2, 0.25) is 0 Å². The number of hydrogen-bond donors (Lipinski definition) is 1. The zero-order chi connectivity index (χ0) is 15.6. The molecule has 0 saturated heterocycles. The van der Waals surface area contributed by atoms with Crippen LogP contribution >= 0.6 is 23.8 Å². The summed E-state index contributed by atoms with van der Waals surface area (Å²) >= 11 is 11.2. The van der Waals surface area contributed by atoms with E-state index in [9.17, 15) is 0 Å². The van der Waals surface area contributed by atoms with Crippen LogP contribution < -0.4 is 10.5 Å². The molecule has 2 N–H and O–H groups in total. The van der Waals surface area contributed by atoms with E-state index < -0.39 is 0 Å². The minimum absolute atomic E-state index is 0.277. The zero-order valence-electron chi connectivity index (χ0n) is 12.2. The molecule has 0 unspecified atom stereocenters. The Hall–Kier alpha value is -1.65. The van der Waals surface area contributed by atoms with Crippen molar-refractivity contribution in [2.24, 2.45) is 5.73 Å². The summed E-state index contributed by atoms with van der Waals surface area (Å²) in [7, 11) is 0. The smallest absolute Gasteiger partial charge is 0.141 e. The van der Waals surface area contributed by atoms with Crippen molar-refractivity contribution in [3.63, 3.8) is 0 Å². The van der Waals surface area contributed by atoms with Crippen LogP contribution in [0.1, 0.15) is 29.4 Å². The van der Waals surface area contributed by atoms with E-state index in [1.807, 2.05) is 45.0 Å². The van der Waals surface area contributed by atoms with E-state index in [1.54, 1.807) is 0 Å². The molecule has 0 saturated carbocycles. The van der Waals surface area contributed by atoms with Gasteiger partial charge in [0.05, 0.1) is 11.3 Å². The molecule has 1 aromatic heterocycles. The van der Waals surface area contributed by atoms with Gasteiger partial charge in [0.1, 0.15) is 16.5 Å². The Morgan fingerprint density at radius 3 is 2.67 bits per heavy atom. The molecule has 2 rings (SSSR count). The third-order valence-electron chi connectivity index (χ3n) is 3.16. The summed E-state index contributed by atoms with van der Waals surface area (Å²) in [5.74, 6) is 1.33. The highest BCUT2D eigenvalue weighted by atomic mass is 35.5. The van der Waals surface area contributed by atoms with E-state index in [0.29, 0.717) is 17.1 Å². The molecule has 0 fully saturated rings. The van der Waals surface area contributed by atoms with Crippen LogP contribution in [0, 0.1) is 13.8 Å². The molecule has 0 bridgehead atoms. The Morgan fingerprint density at radius 1 is 1.33 bits per heavy atom. The van der Waals surface area contributed by atoms with E-state index >= 15 is 0 Å². The van der Waals surface area contributed by atoms with Gasteiger partial charge in [0.25, 0.3) is 0 Å². The van der Waals surface area contributed by atoms with Crippen molar-refractivity contribution in [3.8, 4) is 11.5 Å². The van der Waals surface area contributed by atoms with Gasteiger partial charge in [-0.1, -0.05) is 30.7 Å². The van der Waals surface area contributed by atoms with Gasteiger partial charge in [-0.2, -0.15) is 0 Å². The molecule has 1 aromatic carbocycles. The second-order valence-electron chi connectivity index (χ2n) is 4.80. The summed E-state index contributed by atoms with van der Waals surface area (Å²) in [5, 5.41) is 0.738. The highest BCUT2D eigenvalue weighted by Gasteiger charge is 2.13. The molecule has 0 spiro atoms. The van der Waals surface area contributed by atoms with Crippen LogP contribution in [0.5, 0.6) is 11.5 Å². The first-order valence-corrected chi connectivity index (χ1v) is 7.45. The second kappa shape index (κ2) is 6.41. The van der Waals surface area contributed by atoms with Crippen LogP contribution in [0.25, 0.3) is 0 Å². The fraction of sp³-hybridized carbons (Fsp3) is 0.250. The predicted molar refractivity (Wildman–Crippen MR) is 90.5 cm³/mol. The lowest BCUT2D eigenvalue weighted by Crippen LogP contribution is -2.14. The van der Waals surface area contributed by atoms with Crippen molar-refractivity contribution >= 4 is 28.8 Å². The summed E-state index contributed by atoms with van der Waals surface area (Å²) in [6.07, 6.45) is 0.840. The largest absolute Gasteiger partial charge is 0.456 e. The molecule has 21 heavy (non-hydrogen) atoms. The van der Waals surface area contributed by atoms with Crippen LogP contribution in [0.15, 0.2) is 24.3 Å². The SMILES string of the molecule is CCc1cc(Oc2cc(C)nc(C)c2C(N)=S)ccc1Cl. The third-order valence-corrected chi connectivity index (χ3v) is 3.74. The third kappa shape index (κ3) is 3.52. The first-order valence-electron chi connectivity index (χ1n) is 6.66. The van der Waals surface area contributed by atoms with Crippen molar-refractivity contribution in [2.45, 2.75) is 27.2 Å². The molecule has 0 amide bonds. The van der Waals surface area contributed by atoms with Crippen LogP contribution in [-0.2, 0) is 6.42 Å². The van der Waals surface area contributed by atoms with Gasteiger partial charge in [-0.15, -0.1) is 0 Å². The van der Waals surface area contributed by atoms with Gasteiger partial charge >= 0.3 is 0 Å². The second-order valence-corrected chi connectivity index (χ2v) is 5.64. The van der Waals surface area contributed by atoms with Gasteiger partial charge < -0.3 is 10.5 Å². The molecule has 2 aromatic rings. The van der Waals surface area contributed by atoms with Crippen LogP contribution in [0.4, 0.5) is 0 Å². The van der Waals surface area contributed by atoms with Gasteiger partial charge in [0.15, 0.2) is 0 Å². The number of rotatable bonds is 4. The van der Waals surface area contributed by atoms with Crippen LogP contribution in [0.2, 0.25) is 5.02 Å². The highest BCUT2D eigenvalue weighted by molar-refractivity contribution is 7.80. The maximum atomic E-state index is 6.13. The molecular formula is C16H17ClN2OS.